The molecule has 1 aromatic rings. The van der Waals surface area contributed by atoms with Crippen molar-refractivity contribution in [3.63, 3.8) is 0 Å². The van der Waals surface area contributed by atoms with Crippen LogP contribution in [0, 0.1) is 16.7 Å². The van der Waals surface area contributed by atoms with Gasteiger partial charge in [-0.2, -0.15) is 10.4 Å². The van der Waals surface area contributed by atoms with Gasteiger partial charge in [-0.05, 0) is 12.1 Å². The van der Waals surface area contributed by atoms with Crippen molar-refractivity contribution in [1.29, 1.82) is 10.7 Å². The highest BCUT2D eigenvalue weighted by atomic mass is 16.5. The highest BCUT2D eigenvalue weighted by Gasteiger charge is 2.10. The number of nitriles is 1. The molecule has 0 saturated heterocycles. The van der Waals surface area contributed by atoms with Gasteiger partial charge in [0.1, 0.15) is 23.3 Å². The molecule has 0 aliphatic heterocycles. The van der Waals surface area contributed by atoms with E-state index in [9.17, 15) is 9.59 Å². The molecule has 11 nitrogen and oxygen atoms in total. The van der Waals surface area contributed by atoms with E-state index in [1.807, 2.05) is 0 Å². The van der Waals surface area contributed by atoms with Gasteiger partial charge in [0.2, 0.25) is 5.71 Å². The topological polar surface area (TPSA) is 169 Å². The Labute approximate surface area is 161 Å². The van der Waals surface area contributed by atoms with E-state index in [1.54, 1.807) is 18.2 Å². The zero-order valence-corrected chi connectivity index (χ0v) is 15.5. The molecule has 150 valence electrons. The SMILES string of the molecule is COC(=O)CCOc1ccc(OCCC(=O)OC)c(N/N=C(\C#N)C(=N)N)c1. The third kappa shape index (κ3) is 7.61. The van der Waals surface area contributed by atoms with Crippen molar-refractivity contribution < 1.29 is 28.5 Å². The monoisotopic (exact) mass is 391 g/mol. The van der Waals surface area contributed by atoms with E-state index in [-0.39, 0.29) is 31.8 Å². The minimum Gasteiger partial charge on any atom is -0.493 e. The van der Waals surface area contributed by atoms with E-state index in [2.05, 4.69) is 20.0 Å². The van der Waals surface area contributed by atoms with Crippen LogP contribution in [0.3, 0.4) is 0 Å². The van der Waals surface area contributed by atoms with Crippen LogP contribution in [-0.2, 0) is 19.1 Å². The summed E-state index contributed by atoms with van der Waals surface area (Å²) in [6.07, 6.45) is 0.102. The first-order chi connectivity index (χ1) is 13.4. The molecule has 11 heteroatoms. The molecule has 1 aromatic carbocycles. The van der Waals surface area contributed by atoms with Crippen LogP contribution in [0.5, 0.6) is 11.5 Å². The lowest BCUT2D eigenvalue weighted by atomic mass is 10.2. The largest absolute Gasteiger partial charge is 0.493 e. The van der Waals surface area contributed by atoms with Crippen molar-refractivity contribution in [3.05, 3.63) is 18.2 Å². The highest BCUT2D eigenvalue weighted by molar-refractivity contribution is 6.45. The Bertz CT molecular complexity index is 787. The van der Waals surface area contributed by atoms with Gasteiger partial charge in [-0.1, -0.05) is 0 Å². The number of ether oxygens (including phenoxy) is 4. The number of benzene rings is 1. The maximum absolute atomic E-state index is 11.2. The molecule has 0 radical (unpaired) electrons. The summed E-state index contributed by atoms with van der Waals surface area (Å²) in [5.74, 6) is -0.643. The number of amidine groups is 1. The number of nitrogens with one attached hydrogen (secondary N) is 2. The number of nitrogens with zero attached hydrogens (tertiary/aromatic N) is 2. The predicted molar refractivity (Wildman–Crippen MR) is 99.3 cm³/mol. The molecule has 0 fully saturated rings. The van der Waals surface area contributed by atoms with Gasteiger partial charge in [0.25, 0.3) is 0 Å². The van der Waals surface area contributed by atoms with Gasteiger partial charge in [-0.25, -0.2) is 0 Å². The normalized spacial score (nSPS) is 10.4. The predicted octanol–water partition coefficient (Wildman–Crippen LogP) is 0.798. The molecule has 0 aliphatic rings. The van der Waals surface area contributed by atoms with Crippen molar-refractivity contribution in [2.24, 2.45) is 10.8 Å². The number of rotatable bonds is 11. The first kappa shape index (κ1) is 22.2. The molecule has 0 unspecified atom stereocenters. The lowest BCUT2D eigenvalue weighted by molar-refractivity contribution is -0.142. The molecule has 0 saturated carbocycles. The average Bonchev–Trinajstić information content (AvgIpc) is 2.69. The lowest BCUT2D eigenvalue weighted by Gasteiger charge is -2.13. The maximum atomic E-state index is 11.2. The Hall–Kier alpha value is -3.81. The standard InChI is InChI=1S/C17H21N5O6/c1-25-15(23)5-7-27-11-3-4-14(28-8-6-16(24)26-2)12(9-11)21-22-13(10-18)17(19)20/h3-4,9,21H,5-8H2,1-2H3,(H3,19,20)/b22-13+. The molecule has 0 amide bonds. The van der Waals surface area contributed by atoms with Crippen molar-refractivity contribution >= 4 is 29.2 Å². The third-order valence-electron chi connectivity index (χ3n) is 3.19. The van der Waals surface area contributed by atoms with Gasteiger partial charge in [0.05, 0.1) is 40.3 Å². The van der Waals surface area contributed by atoms with Crippen LogP contribution in [-0.4, -0.2) is 50.9 Å². The van der Waals surface area contributed by atoms with E-state index >= 15 is 0 Å². The van der Waals surface area contributed by atoms with E-state index in [0.29, 0.717) is 17.2 Å². The summed E-state index contributed by atoms with van der Waals surface area (Å²) in [7, 11) is 2.56. The second-order valence-electron chi connectivity index (χ2n) is 5.10. The van der Waals surface area contributed by atoms with E-state index in [0.717, 1.165) is 0 Å². The molecular formula is C17H21N5O6. The van der Waals surface area contributed by atoms with Crippen LogP contribution >= 0.6 is 0 Å². The molecule has 0 aromatic heterocycles. The molecule has 4 N–H and O–H groups in total. The van der Waals surface area contributed by atoms with E-state index in [4.69, 9.17) is 25.9 Å². The molecule has 0 spiro atoms. The van der Waals surface area contributed by atoms with Crippen LogP contribution in [0.1, 0.15) is 12.8 Å². The zero-order chi connectivity index (χ0) is 20.9. The number of carbonyl (C=O) groups is 2. The fourth-order valence-corrected chi connectivity index (χ4v) is 1.77. The Morgan fingerprint density at radius 2 is 1.79 bits per heavy atom. The zero-order valence-electron chi connectivity index (χ0n) is 15.5. The van der Waals surface area contributed by atoms with E-state index in [1.165, 1.54) is 20.3 Å². The summed E-state index contributed by atoms with van der Waals surface area (Å²) in [6, 6.07) is 6.35. The molecule has 0 bridgehead atoms. The molecular weight excluding hydrogens is 370 g/mol. The molecule has 28 heavy (non-hydrogen) atoms. The molecule has 1 rings (SSSR count). The minimum atomic E-state index is -0.506. The summed E-state index contributed by atoms with van der Waals surface area (Å²) in [4.78, 5) is 22.3. The molecule has 0 aliphatic carbocycles. The Balaban J connectivity index is 2.93. The second-order valence-corrected chi connectivity index (χ2v) is 5.10. The summed E-state index contributed by atoms with van der Waals surface area (Å²) in [5.41, 5.74) is 7.81. The quantitative estimate of drug-likeness (QED) is 0.214. The summed E-state index contributed by atoms with van der Waals surface area (Å²) < 4.78 is 20.1. The van der Waals surface area contributed by atoms with Crippen LogP contribution in [0.2, 0.25) is 0 Å². The van der Waals surface area contributed by atoms with Gasteiger partial charge < -0.3 is 24.7 Å². The number of hydrazone groups is 1. The van der Waals surface area contributed by atoms with Crippen LogP contribution in [0.4, 0.5) is 5.69 Å². The van der Waals surface area contributed by atoms with Gasteiger partial charge in [0, 0.05) is 6.07 Å². The van der Waals surface area contributed by atoms with Gasteiger partial charge in [-0.3, -0.25) is 20.4 Å². The Morgan fingerprint density at radius 1 is 1.18 bits per heavy atom. The number of methoxy groups -OCH3 is 2. The van der Waals surface area contributed by atoms with Crippen molar-refractivity contribution in [2.45, 2.75) is 12.8 Å². The minimum absolute atomic E-state index is 0.0352. The fourth-order valence-electron chi connectivity index (χ4n) is 1.77. The Morgan fingerprint density at radius 3 is 2.32 bits per heavy atom. The first-order valence-corrected chi connectivity index (χ1v) is 8.02. The summed E-state index contributed by atoms with van der Waals surface area (Å²) in [6.45, 7) is 0.139. The number of hydrogen-bond donors (Lipinski definition) is 3. The molecule has 0 atom stereocenters. The van der Waals surface area contributed by atoms with Crippen molar-refractivity contribution in [3.8, 4) is 17.6 Å². The maximum Gasteiger partial charge on any atom is 0.308 e. The lowest BCUT2D eigenvalue weighted by Crippen LogP contribution is -2.22. The molecule has 0 heterocycles. The first-order valence-electron chi connectivity index (χ1n) is 8.02. The van der Waals surface area contributed by atoms with Gasteiger partial charge >= 0.3 is 11.9 Å². The number of esters is 2. The number of anilines is 1. The van der Waals surface area contributed by atoms with Crippen molar-refractivity contribution in [1.82, 2.24) is 0 Å². The van der Waals surface area contributed by atoms with Crippen LogP contribution in [0.25, 0.3) is 0 Å². The van der Waals surface area contributed by atoms with Crippen molar-refractivity contribution in [2.75, 3.05) is 32.9 Å². The van der Waals surface area contributed by atoms with E-state index < -0.39 is 17.8 Å². The van der Waals surface area contributed by atoms with Gasteiger partial charge in [-0.15, -0.1) is 0 Å². The summed E-state index contributed by atoms with van der Waals surface area (Å²) >= 11 is 0. The van der Waals surface area contributed by atoms with Crippen LogP contribution in [0.15, 0.2) is 23.3 Å². The van der Waals surface area contributed by atoms with Crippen LogP contribution < -0.4 is 20.6 Å². The second kappa shape index (κ2) is 11.7. The van der Waals surface area contributed by atoms with Gasteiger partial charge in [0.15, 0.2) is 5.84 Å². The number of hydrogen-bond acceptors (Lipinski definition) is 10. The fraction of sp³-hybridized carbons (Fsp3) is 0.353. The number of carbonyl (C=O) groups excluding carboxylic acids is 2. The average molecular weight is 391 g/mol. The Kier molecular flexibility index (Phi) is 9.32. The summed E-state index contributed by atoms with van der Waals surface area (Å²) in [5, 5.41) is 20.0. The smallest absolute Gasteiger partial charge is 0.308 e. The highest BCUT2D eigenvalue weighted by Crippen LogP contribution is 2.29. The number of nitrogens with two attached hydrogens (primary N) is 1. The third-order valence-corrected chi connectivity index (χ3v) is 3.19.